The number of carbonyl (C=O) groups is 2. The second-order valence-electron chi connectivity index (χ2n) is 8.04. The zero-order valence-electron chi connectivity index (χ0n) is 17.9. The first-order valence-electron chi connectivity index (χ1n) is 10.8. The molecule has 0 aliphatic carbocycles. The van der Waals surface area contributed by atoms with Crippen molar-refractivity contribution in [2.24, 2.45) is 0 Å². The van der Waals surface area contributed by atoms with Crippen LogP contribution >= 0.6 is 0 Å². The van der Waals surface area contributed by atoms with Gasteiger partial charge in [0.2, 0.25) is 0 Å². The monoisotopic (exact) mass is 432 g/mol. The maximum absolute atomic E-state index is 13.4. The zero-order chi connectivity index (χ0) is 22.1. The first-order valence-corrected chi connectivity index (χ1v) is 10.8. The molecule has 8 nitrogen and oxygen atoms in total. The highest BCUT2D eigenvalue weighted by molar-refractivity contribution is 6.07. The number of fused-ring (bicyclic) bond motifs is 1. The molecule has 2 aromatic carbocycles. The molecule has 2 amide bonds. The fourth-order valence-corrected chi connectivity index (χ4v) is 4.34. The van der Waals surface area contributed by atoms with Crippen LogP contribution in [0.15, 0.2) is 53.1 Å². The van der Waals surface area contributed by atoms with Crippen LogP contribution in [0, 0.1) is 6.92 Å². The lowest BCUT2D eigenvalue weighted by atomic mass is 9.97. The van der Waals surface area contributed by atoms with E-state index >= 15 is 0 Å². The van der Waals surface area contributed by atoms with Crippen molar-refractivity contribution in [3.63, 3.8) is 0 Å². The SMILES string of the molecule is Cc1noc(C2COCCN2C(=O)c2ccc3c(c2)CCCN3C(=O)c2ccccc2)n1. The number of morpholine rings is 1. The second-order valence-corrected chi connectivity index (χ2v) is 8.04. The van der Waals surface area contributed by atoms with Crippen molar-refractivity contribution in [2.75, 3.05) is 31.2 Å². The van der Waals surface area contributed by atoms with E-state index in [2.05, 4.69) is 10.1 Å². The molecule has 0 spiro atoms. The van der Waals surface area contributed by atoms with Crippen molar-refractivity contribution in [2.45, 2.75) is 25.8 Å². The van der Waals surface area contributed by atoms with E-state index in [1.807, 2.05) is 42.5 Å². The van der Waals surface area contributed by atoms with Crippen molar-refractivity contribution < 1.29 is 18.8 Å². The molecule has 1 unspecified atom stereocenters. The van der Waals surface area contributed by atoms with E-state index in [0.29, 0.717) is 49.1 Å². The molecule has 32 heavy (non-hydrogen) atoms. The summed E-state index contributed by atoms with van der Waals surface area (Å²) in [5, 5.41) is 3.85. The number of carbonyl (C=O) groups excluding carboxylic acids is 2. The number of hydrogen-bond donors (Lipinski definition) is 0. The molecule has 164 valence electrons. The maximum atomic E-state index is 13.4. The third-order valence-electron chi connectivity index (χ3n) is 5.93. The highest BCUT2D eigenvalue weighted by Gasteiger charge is 2.34. The minimum atomic E-state index is -0.412. The number of amides is 2. The van der Waals surface area contributed by atoms with E-state index in [-0.39, 0.29) is 11.8 Å². The van der Waals surface area contributed by atoms with Crippen LogP contribution in [0.1, 0.15) is 50.5 Å². The molecular weight excluding hydrogens is 408 g/mol. The molecule has 3 heterocycles. The quantitative estimate of drug-likeness (QED) is 0.632. The molecule has 0 saturated carbocycles. The third-order valence-corrected chi connectivity index (χ3v) is 5.93. The van der Waals surface area contributed by atoms with Gasteiger partial charge in [0.15, 0.2) is 5.82 Å². The van der Waals surface area contributed by atoms with Crippen molar-refractivity contribution in [3.05, 3.63) is 76.9 Å². The largest absolute Gasteiger partial charge is 0.377 e. The van der Waals surface area contributed by atoms with E-state index in [4.69, 9.17) is 9.26 Å². The predicted octanol–water partition coefficient (Wildman–Crippen LogP) is 3.18. The van der Waals surface area contributed by atoms with Gasteiger partial charge in [-0.1, -0.05) is 23.4 Å². The summed E-state index contributed by atoms with van der Waals surface area (Å²) in [5.74, 6) is 0.775. The van der Waals surface area contributed by atoms with Gasteiger partial charge in [0, 0.05) is 29.9 Å². The summed E-state index contributed by atoms with van der Waals surface area (Å²) in [6.45, 7) is 3.63. The van der Waals surface area contributed by atoms with Crippen LogP contribution in [-0.4, -0.2) is 53.2 Å². The number of nitrogens with zero attached hydrogens (tertiary/aromatic N) is 4. The Morgan fingerprint density at radius 3 is 2.66 bits per heavy atom. The highest BCUT2D eigenvalue weighted by atomic mass is 16.5. The first-order chi connectivity index (χ1) is 15.6. The van der Waals surface area contributed by atoms with E-state index in [0.717, 1.165) is 24.1 Å². The molecular formula is C24H24N4O4. The van der Waals surface area contributed by atoms with Crippen LogP contribution in [0.4, 0.5) is 5.69 Å². The van der Waals surface area contributed by atoms with Gasteiger partial charge in [0.05, 0.1) is 13.2 Å². The molecule has 3 aromatic rings. The Morgan fingerprint density at radius 1 is 1.03 bits per heavy atom. The summed E-state index contributed by atoms with van der Waals surface area (Å²) in [5.41, 5.74) is 3.12. The van der Waals surface area contributed by atoms with Crippen molar-refractivity contribution in [3.8, 4) is 0 Å². The van der Waals surface area contributed by atoms with Crippen LogP contribution in [0.25, 0.3) is 0 Å². The van der Waals surface area contributed by atoms with Crippen molar-refractivity contribution in [1.82, 2.24) is 15.0 Å². The topological polar surface area (TPSA) is 88.8 Å². The van der Waals surface area contributed by atoms with Crippen LogP contribution < -0.4 is 4.90 Å². The Kier molecular flexibility index (Phi) is 5.45. The number of ether oxygens (including phenoxy) is 1. The molecule has 5 rings (SSSR count). The molecule has 0 bridgehead atoms. The van der Waals surface area contributed by atoms with Gasteiger partial charge in [-0.15, -0.1) is 0 Å². The Hall–Kier alpha value is -3.52. The molecule has 1 aromatic heterocycles. The summed E-state index contributed by atoms with van der Waals surface area (Å²) in [4.78, 5) is 34.3. The van der Waals surface area contributed by atoms with Crippen molar-refractivity contribution in [1.29, 1.82) is 0 Å². The third kappa shape index (κ3) is 3.78. The molecule has 8 heteroatoms. The average molecular weight is 432 g/mol. The van der Waals surface area contributed by atoms with E-state index < -0.39 is 6.04 Å². The molecule has 1 atom stereocenters. The molecule has 1 fully saturated rings. The Bertz CT molecular complexity index is 1140. The van der Waals surface area contributed by atoms with Gasteiger partial charge < -0.3 is 19.1 Å². The number of rotatable bonds is 3. The first kappa shape index (κ1) is 20.4. The second kappa shape index (κ2) is 8.55. The molecule has 1 saturated heterocycles. The summed E-state index contributed by atoms with van der Waals surface area (Å²) >= 11 is 0. The van der Waals surface area contributed by atoms with Gasteiger partial charge in [-0.05, 0) is 55.7 Å². The lowest BCUT2D eigenvalue weighted by molar-refractivity contribution is -0.0119. The summed E-state index contributed by atoms with van der Waals surface area (Å²) in [7, 11) is 0. The maximum Gasteiger partial charge on any atom is 0.258 e. The van der Waals surface area contributed by atoms with E-state index in [1.54, 1.807) is 22.8 Å². The fraction of sp³-hybridized carbons (Fsp3) is 0.333. The van der Waals surface area contributed by atoms with Crippen LogP contribution in [0.3, 0.4) is 0 Å². The Morgan fingerprint density at radius 2 is 1.88 bits per heavy atom. The van der Waals surface area contributed by atoms with Crippen LogP contribution in [0.2, 0.25) is 0 Å². The average Bonchev–Trinajstić information content (AvgIpc) is 3.29. The van der Waals surface area contributed by atoms with Gasteiger partial charge >= 0.3 is 0 Å². The van der Waals surface area contributed by atoms with Gasteiger partial charge in [0.1, 0.15) is 6.04 Å². The molecule has 0 radical (unpaired) electrons. The van der Waals surface area contributed by atoms with Crippen LogP contribution in [-0.2, 0) is 11.2 Å². The van der Waals surface area contributed by atoms with E-state index in [1.165, 1.54) is 0 Å². The lowest BCUT2D eigenvalue weighted by Gasteiger charge is -2.34. The summed E-state index contributed by atoms with van der Waals surface area (Å²) < 4.78 is 10.9. The minimum Gasteiger partial charge on any atom is -0.377 e. The number of anilines is 1. The predicted molar refractivity (Wildman–Crippen MR) is 117 cm³/mol. The number of aryl methyl sites for hydroxylation is 2. The number of benzene rings is 2. The van der Waals surface area contributed by atoms with Gasteiger partial charge in [-0.2, -0.15) is 4.98 Å². The van der Waals surface area contributed by atoms with Gasteiger partial charge in [0.25, 0.3) is 17.7 Å². The smallest absolute Gasteiger partial charge is 0.258 e. The van der Waals surface area contributed by atoms with E-state index in [9.17, 15) is 9.59 Å². The number of aromatic nitrogens is 2. The minimum absolute atomic E-state index is 0.0226. The molecule has 2 aliphatic heterocycles. The normalized spacial score (nSPS) is 18.3. The Labute approximate surface area is 185 Å². The fourth-order valence-electron chi connectivity index (χ4n) is 4.34. The summed E-state index contributed by atoms with van der Waals surface area (Å²) in [6, 6.07) is 14.5. The zero-order valence-corrected chi connectivity index (χ0v) is 17.9. The highest BCUT2D eigenvalue weighted by Crippen LogP contribution is 2.31. The molecule has 2 aliphatic rings. The van der Waals surface area contributed by atoms with Crippen LogP contribution in [0.5, 0.6) is 0 Å². The lowest BCUT2D eigenvalue weighted by Crippen LogP contribution is -2.43. The van der Waals surface area contributed by atoms with Crippen molar-refractivity contribution >= 4 is 17.5 Å². The standard InChI is InChI=1S/C24H24N4O4/c1-16-25-22(32-26-16)21-15-31-13-12-28(21)24(30)19-9-10-20-18(14-19)8-5-11-27(20)23(29)17-6-3-2-4-7-17/h2-4,6-7,9-10,14,21H,5,8,11-13,15H2,1H3. The van der Waals surface area contributed by atoms with Gasteiger partial charge in [-0.3, -0.25) is 9.59 Å². The Balaban J connectivity index is 1.42. The molecule has 0 N–H and O–H groups in total. The summed E-state index contributed by atoms with van der Waals surface area (Å²) in [6.07, 6.45) is 1.68. The van der Waals surface area contributed by atoms with Gasteiger partial charge in [-0.25, -0.2) is 0 Å². The number of hydrogen-bond acceptors (Lipinski definition) is 6.